The van der Waals surface area contributed by atoms with E-state index in [1.54, 1.807) is 0 Å². The van der Waals surface area contributed by atoms with Crippen LogP contribution in [0.3, 0.4) is 0 Å². The van der Waals surface area contributed by atoms with E-state index in [-0.39, 0.29) is 35.8 Å². The molecule has 2 saturated carbocycles. The van der Waals surface area contributed by atoms with Crippen molar-refractivity contribution in [2.45, 2.75) is 108 Å². The summed E-state index contributed by atoms with van der Waals surface area (Å²) in [7, 11) is 0. The molecule has 1 aromatic heterocycles. The fourth-order valence-corrected chi connectivity index (χ4v) is 8.28. The number of aliphatic carboxylic acids is 1. The molecule has 2 aliphatic heterocycles. The van der Waals surface area contributed by atoms with Gasteiger partial charge in [-0.3, -0.25) is 14.5 Å². The molecule has 2 saturated heterocycles. The van der Waals surface area contributed by atoms with Gasteiger partial charge in [0, 0.05) is 30.6 Å². The number of hydrogen-bond donors (Lipinski definition) is 2. The Hall–Kier alpha value is -2.74. The van der Waals surface area contributed by atoms with Gasteiger partial charge in [-0.15, -0.1) is 0 Å². The molecule has 198 valence electrons. The van der Waals surface area contributed by atoms with E-state index in [9.17, 15) is 14.8 Å². The van der Waals surface area contributed by atoms with Crippen LogP contribution in [-0.2, 0) is 4.79 Å². The van der Waals surface area contributed by atoms with Crippen LogP contribution in [0.15, 0.2) is 34.2 Å². The minimum absolute atomic E-state index is 0.0401. The second-order valence-electron chi connectivity index (χ2n) is 11.9. The summed E-state index contributed by atoms with van der Waals surface area (Å²) < 4.78 is 1.89. The van der Waals surface area contributed by atoms with Crippen LogP contribution in [0.25, 0.3) is 11.0 Å². The van der Waals surface area contributed by atoms with Crippen LogP contribution in [0.4, 0.5) is 0 Å². The molecule has 37 heavy (non-hydrogen) atoms. The Labute approximate surface area is 217 Å². The lowest BCUT2D eigenvalue weighted by molar-refractivity contribution is -0.136. The third-order valence-electron chi connectivity index (χ3n) is 9.66. The summed E-state index contributed by atoms with van der Waals surface area (Å²) in [4.78, 5) is 32.5. The highest BCUT2D eigenvalue weighted by atomic mass is 16.4. The van der Waals surface area contributed by atoms with E-state index in [1.165, 1.54) is 57.8 Å². The Morgan fingerprint density at radius 1 is 0.892 bits per heavy atom. The number of oxime groups is 1. The minimum atomic E-state index is -1.01. The van der Waals surface area contributed by atoms with Crippen molar-refractivity contribution >= 4 is 22.7 Å². The fourth-order valence-electron chi connectivity index (χ4n) is 8.28. The molecule has 4 fully saturated rings. The Balaban J connectivity index is 1.34. The highest BCUT2D eigenvalue weighted by Crippen LogP contribution is 2.47. The van der Waals surface area contributed by atoms with Crippen molar-refractivity contribution in [3.05, 3.63) is 40.3 Å². The summed E-state index contributed by atoms with van der Waals surface area (Å²) in [5.41, 5.74) is 1.30. The average molecular weight is 507 g/mol. The molecule has 0 spiro atoms. The first kappa shape index (κ1) is 24.6. The van der Waals surface area contributed by atoms with Crippen molar-refractivity contribution in [2.24, 2.45) is 17.0 Å². The zero-order valence-corrected chi connectivity index (χ0v) is 21.5. The lowest BCUT2D eigenvalue weighted by Gasteiger charge is -2.55. The Kier molecular flexibility index (Phi) is 6.78. The molecule has 8 nitrogen and oxygen atoms in total. The van der Waals surface area contributed by atoms with Gasteiger partial charge in [0.1, 0.15) is 5.71 Å². The lowest BCUT2D eigenvalue weighted by atomic mass is 9.68. The summed E-state index contributed by atoms with van der Waals surface area (Å²) in [5, 5.41) is 22.1. The van der Waals surface area contributed by atoms with Gasteiger partial charge >= 0.3 is 5.97 Å². The van der Waals surface area contributed by atoms with Crippen molar-refractivity contribution in [1.29, 1.82) is 0 Å². The maximum absolute atomic E-state index is 13.9. The van der Waals surface area contributed by atoms with Gasteiger partial charge in [0.2, 0.25) is 0 Å². The lowest BCUT2D eigenvalue weighted by Crippen LogP contribution is -2.58. The van der Waals surface area contributed by atoms with Crippen LogP contribution < -0.4 is 5.56 Å². The fraction of sp³-hybridized carbons (Fsp3) is 0.655. The summed E-state index contributed by atoms with van der Waals surface area (Å²) in [5.74, 6) is 0.786. The van der Waals surface area contributed by atoms with Crippen LogP contribution in [0, 0.1) is 11.8 Å². The van der Waals surface area contributed by atoms with E-state index in [2.05, 4.69) is 15.0 Å². The molecule has 2 N–H and O–H groups in total. The van der Waals surface area contributed by atoms with E-state index in [0.717, 1.165) is 30.2 Å². The second kappa shape index (κ2) is 10.2. The Bertz CT molecular complexity index is 1230. The third-order valence-corrected chi connectivity index (χ3v) is 9.66. The van der Waals surface area contributed by atoms with Crippen LogP contribution in [0.1, 0.15) is 95.2 Å². The molecule has 8 heteroatoms. The van der Waals surface area contributed by atoms with Gasteiger partial charge in [-0.05, 0) is 68.9 Å². The number of aromatic nitrogens is 2. The molecule has 0 radical (unpaired) electrons. The number of nitrogens with zero attached hydrogens (tertiary/aromatic N) is 4. The standard InChI is InChI=1S/C29H38N4O4/c34-27(35)12-11-25(31-37)28-29(36)33(26-10-2-1-9-24(26)30-28)23-16-20-7-4-8-21(17-23)32(20)22-14-18-5-3-6-19(13-18)15-22/h1-2,9-10,18-23,37H,3-8,11-17H2,(H,34,35)/b31-25+/t18-,19+,20-,21+,22+,23+. The average Bonchev–Trinajstić information content (AvgIpc) is 2.88. The summed E-state index contributed by atoms with van der Waals surface area (Å²) in [6.07, 6.45) is 13.6. The number of carboxylic acids is 1. The molecule has 2 aliphatic carbocycles. The molecule has 0 amide bonds. The second-order valence-corrected chi connectivity index (χ2v) is 11.9. The maximum atomic E-state index is 13.9. The van der Waals surface area contributed by atoms with Gasteiger partial charge in [-0.2, -0.15) is 0 Å². The number of carboxylic acid groups (broad SMARTS) is 1. The van der Waals surface area contributed by atoms with Gasteiger partial charge in [0.15, 0.2) is 5.69 Å². The number of piperidine rings is 2. The van der Waals surface area contributed by atoms with Crippen LogP contribution in [-0.4, -0.2) is 54.6 Å². The predicted octanol–water partition coefficient (Wildman–Crippen LogP) is 4.97. The van der Waals surface area contributed by atoms with Gasteiger partial charge in [-0.1, -0.05) is 43.0 Å². The zero-order valence-electron chi connectivity index (χ0n) is 21.5. The molecule has 0 unspecified atom stereocenters. The number of rotatable bonds is 6. The van der Waals surface area contributed by atoms with Gasteiger partial charge < -0.3 is 14.9 Å². The van der Waals surface area contributed by atoms with Crippen molar-refractivity contribution in [3.8, 4) is 0 Å². The Morgan fingerprint density at radius 2 is 1.57 bits per heavy atom. The largest absolute Gasteiger partial charge is 0.481 e. The molecule has 3 heterocycles. The van der Waals surface area contributed by atoms with E-state index in [0.29, 0.717) is 23.6 Å². The van der Waals surface area contributed by atoms with Crippen LogP contribution in [0.2, 0.25) is 0 Å². The molecule has 6 rings (SSSR count). The molecule has 6 atom stereocenters. The monoisotopic (exact) mass is 506 g/mol. The van der Waals surface area contributed by atoms with Gasteiger partial charge in [-0.25, -0.2) is 4.98 Å². The van der Waals surface area contributed by atoms with Crippen molar-refractivity contribution in [1.82, 2.24) is 14.5 Å². The number of hydrogen-bond acceptors (Lipinski definition) is 6. The van der Waals surface area contributed by atoms with E-state index in [4.69, 9.17) is 5.11 Å². The first-order chi connectivity index (χ1) is 18.0. The quantitative estimate of drug-likeness (QED) is 0.325. The van der Waals surface area contributed by atoms with E-state index >= 15 is 0 Å². The highest BCUT2D eigenvalue weighted by molar-refractivity contribution is 6.00. The summed E-state index contributed by atoms with van der Waals surface area (Å²) in [6, 6.07) is 9.35. The van der Waals surface area contributed by atoms with Gasteiger partial charge in [0.05, 0.1) is 17.5 Å². The summed E-state index contributed by atoms with van der Waals surface area (Å²) >= 11 is 0. The number of benzene rings is 1. The third kappa shape index (κ3) is 4.69. The summed E-state index contributed by atoms with van der Waals surface area (Å²) in [6.45, 7) is 0. The smallest absolute Gasteiger partial charge is 0.303 e. The maximum Gasteiger partial charge on any atom is 0.303 e. The predicted molar refractivity (Wildman–Crippen MR) is 141 cm³/mol. The Morgan fingerprint density at radius 3 is 2.24 bits per heavy atom. The van der Waals surface area contributed by atoms with Crippen LogP contribution in [0.5, 0.6) is 0 Å². The molecule has 4 bridgehead atoms. The number of carbonyl (C=O) groups is 1. The number of para-hydroxylation sites is 2. The SMILES string of the molecule is O=C(O)CC/C(=N\O)c1nc2ccccc2n([C@H]2C[C@H]3CCC[C@@H](C2)N3[C@H]2C[C@@H]3CCC[C@@H](C3)C2)c1=O. The number of fused-ring (bicyclic) bond motifs is 5. The normalized spacial score (nSPS) is 32.4. The van der Waals surface area contributed by atoms with Crippen molar-refractivity contribution < 1.29 is 15.1 Å². The van der Waals surface area contributed by atoms with E-state index < -0.39 is 5.97 Å². The van der Waals surface area contributed by atoms with E-state index in [1.807, 2.05) is 28.8 Å². The molecule has 2 aromatic rings. The molecule has 1 aromatic carbocycles. The molecular formula is C29H38N4O4. The molecule has 4 aliphatic rings. The van der Waals surface area contributed by atoms with Crippen LogP contribution >= 0.6 is 0 Å². The minimum Gasteiger partial charge on any atom is -0.481 e. The molecular weight excluding hydrogens is 468 g/mol. The highest BCUT2D eigenvalue weighted by Gasteiger charge is 2.45. The zero-order chi connectivity index (χ0) is 25.5. The first-order valence-corrected chi connectivity index (χ1v) is 14.2. The van der Waals surface area contributed by atoms with Crippen molar-refractivity contribution in [3.63, 3.8) is 0 Å². The van der Waals surface area contributed by atoms with Gasteiger partial charge in [0.25, 0.3) is 5.56 Å². The van der Waals surface area contributed by atoms with Crippen molar-refractivity contribution in [2.75, 3.05) is 0 Å². The topological polar surface area (TPSA) is 108 Å². The first-order valence-electron chi connectivity index (χ1n) is 14.2.